The van der Waals surface area contributed by atoms with E-state index in [1.807, 2.05) is 24.3 Å². The number of halogens is 2. The zero-order valence-electron chi connectivity index (χ0n) is 14.1. The summed E-state index contributed by atoms with van der Waals surface area (Å²) in [6.07, 6.45) is 1.06. The van der Waals surface area contributed by atoms with Gasteiger partial charge in [-0.25, -0.2) is 13.8 Å². The quantitative estimate of drug-likeness (QED) is 0.341. The summed E-state index contributed by atoms with van der Waals surface area (Å²) in [6.45, 7) is 1.41. The van der Waals surface area contributed by atoms with E-state index >= 15 is 0 Å². The Balaban J connectivity index is 2.12. The SMILES string of the molecule is C/C(=N/NC(=O)CN(c1cccc(Br)c1)S(C)(=O)=O)c1ccc(I)cc1. The maximum Gasteiger partial charge on any atom is 0.260 e. The molecule has 2 rings (SSSR count). The van der Waals surface area contributed by atoms with Gasteiger partial charge >= 0.3 is 0 Å². The molecule has 0 saturated carbocycles. The van der Waals surface area contributed by atoms with Gasteiger partial charge in [0, 0.05) is 8.04 Å². The van der Waals surface area contributed by atoms with E-state index in [0.717, 1.165) is 24.2 Å². The van der Waals surface area contributed by atoms with Crippen LogP contribution in [0.1, 0.15) is 12.5 Å². The van der Waals surface area contributed by atoms with Gasteiger partial charge in [0.05, 0.1) is 17.7 Å². The standard InChI is InChI=1S/C17H17BrIN3O3S/c1-12(13-6-8-15(19)9-7-13)20-21-17(23)11-22(26(2,24)25)16-5-3-4-14(18)10-16/h3-10H,11H2,1-2H3,(H,21,23)/b20-12-. The smallest absolute Gasteiger partial charge is 0.260 e. The van der Waals surface area contributed by atoms with E-state index in [-0.39, 0.29) is 6.54 Å². The van der Waals surface area contributed by atoms with E-state index in [0.29, 0.717) is 11.4 Å². The van der Waals surface area contributed by atoms with E-state index < -0.39 is 15.9 Å². The lowest BCUT2D eigenvalue weighted by Crippen LogP contribution is -2.39. The van der Waals surface area contributed by atoms with Crippen molar-refractivity contribution in [1.82, 2.24) is 5.43 Å². The fourth-order valence-corrected chi connectivity index (χ4v) is 3.69. The van der Waals surface area contributed by atoms with Crippen LogP contribution in [0.4, 0.5) is 5.69 Å². The van der Waals surface area contributed by atoms with Crippen molar-refractivity contribution in [2.75, 3.05) is 17.1 Å². The van der Waals surface area contributed by atoms with Crippen molar-refractivity contribution < 1.29 is 13.2 Å². The predicted molar refractivity (Wildman–Crippen MR) is 116 cm³/mol. The van der Waals surface area contributed by atoms with Crippen LogP contribution >= 0.6 is 38.5 Å². The third-order valence-electron chi connectivity index (χ3n) is 3.39. The Kier molecular flexibility index (Phi) is 7.18. The van der Waals surface area contributed by atoms with Crippen molar-refractivity contribution in [2.24, 2.45) is 5.10 Å². The fraction of sp³-hybridized carbons (Fsp3) is 0.176. The maximum atomic E-state index is 12.2. The summed E-state index contributed by atoms with van der Waals surface area (Å²) < 4.78 is 27.0. The molecule has 1 N–H and O–H groups in total. The topological polar surface area (TPSA) is 78.8 Å². The van der Waals surface area contributed by atoms with Gasteiger partial charge in [0.1, 0.15) is 6.54 Å². The monoisotopic (exact) mass is 549 g/mol. The molecule has 0 aromatic heterocycles. The Morgan fingerprint density at radius 3 is 2.46 bits per heavy atom. The highest BCUT2D eigenvalue weighted by Gasteiger charge is 2.21. The summed E-state index contributed by atoms with van der Waals surface area (Å²) in [4.78, 5) is 12.2. The van der Waals surface area contributed by atoms with Gasteiger partial charge in [-0.15, -0.1) is 0 Å². The van der Waals surface area contributed by atoms with Crippen LogP contribution in [0, 0.1) is 3.57 Å². The predicted octanol–water partition coefficient (Wildman–Crippen LogP) is 3.36. The Morgan fingerprint density at radius 1 is 1.23 bits per heavy atom. The van der Waals surface area contributed by atoms with E-state index in [4.69, 9.17) is 0 Å². The molecule has 0 heterocycles. The third-order valence-corrected chi connectivity index (χ3v) is 5.75. The molecule has 26 heavy (non-hydrogen) atoms. The van der Waals surface area contributed by atoms with Crippen LogP contribution in [0.2, 0.25) is 0 Å². The molecule has 0 saturated heterocycles. The number of hydrogen-bond acceptors (Lipinski definition) is 4. The highest BCUT2D eigenvalue weighted by Crippen LogP contribution is 2.21. The number of nitrogens with one attached hydrogen (secondary N) is 1. The summed E-state index contributed by atoms with van der Waals surface area (Å²) >= 11 is 5.50. The second kappa shape index (κ2) is 8.96. The molecule has 2 aromatic rings. The fourth-order valence-electron chi connectivity index (χ4n) is 2.10. The van der Waals surface area contributed by atoms with Gasteiger partial charge in [0.25, 0.3) is 5.91 Å². The summed E-state index contributed by atoms with van der Waals surface area (Å²) in [5, 5.41) is 4.05. The first kappa shape index (κ1) is 20.8. The molecule has 0 aliphatic carbocycles. The second-order valence-corrected chi connectivity index (χ2v) is 9.56. The lowest BCUT2D eigenvalue weighted by Gasteiger charge is -2.21. The normalized spacial score (nSPS) is 11.9. The molecule has 6 nitrogen and oxygen atoms in total. The van der Waals surface area contributed by atoms with Crippen LogP contribution in [0.25, 0.3) is 0 Å². The molecule has 0 radical (unpaired) electrons. The van der Waals surface area contributed by atoms with Gasteiger partial charge in [0.2, 0.25) is 10.0 Å². The number of anilines is 1. The summed E-state index contributed by atoms with van der Waals surface area (Å²) in [7, 11) is -3.62. The average Bonchev–Trinajstić information content (AvgIpc) is 2.57. The van der Waals surface area contributed by atoms with E-state index in [1.54, 1.807) is 31.2 Å². The first-order valence-electron chi connectivity index (χ1n) is 7.49. The van der Waals surface area contributed by atoms with Crippen molar-refractivity contribution >= 4 is 65.9 Å². The molecule has 0 unspecified atom stereocenters. The van der Waals surface area contributed by atoms with E-state index in [2.05, 4.69) is 49.0 Å². The molecule has 138 valence electrons. The van der Waals surface area contributed by atoms with Gasteiger partial charge in [-0.3, -0.25) is 9.10 Å². The summed E-state index contributed by atoms with van der Waals surface area (Å²) in [6, 6.07) is 14.4. The number of carbonyl (C=O) groups is 1. The summed E-state index contributed by atoms with van der Waals surface area (Å²) in [5.74, 6) is -0.528. The van der Waals surface area contributed by atoms with Gasteiger partial charge in [-0.1, -0.05) is 34.1 Å². The molecule has 0 aliphatic heterocycles. The van der Waals surface area contributed by atoms with E-state index in [9.17, 15) is 13.2 Å². The van der Waals surface area contributed by atoms with Crippen LogP contribution < -0.4 is 9.73 Å². The average molecular weight is 550 g/mol. The minimum atomic E-state index is -3.62. The molecule has 0 atom stereocenters. The van der Waals surface area contributed by atoms with Crippen molar-refractivity contribution in [3.8, 4) is 0 Å². The maximum absolute atomic E-state index is 12.2. The molecular weight excluding hydrogens is 533 g/mol. The Morgan fingerprint density at radius 2 is 1.88 bits per heavy atom. The third kappa shape index (κ3) is 6.06. The van der Waals surface area contributed by atoms with Crippen molar-refractivity contribution in [1.29, 1.82) is 0 Å². The van der Waals surface area contributed by atoms with Gasteiger partial charge in [-0.2, -0.15) is 5.10 Å². The first-order chi connectivity index (χ1) is 12.2. The van der Waals surface area contributed by atoms with Crippen molar-refractivity contribution in [2.45, 2.75) is 6.92 Å². The Hall–Kier alpha value is -1.46. The number of nitrogens with zero attached hydrogens (tertiary/aromatic N) is 2. The van der Waals surface area contributed by atoms with Crippen molar-refractivity contribution in [3.05, 3.63) is 62.1 Å². The minimum Gasteiger partial charge on any atom is -0.271 e. The number of hydrazone groups is 1. The zero-order valence-corrected chi connectivity index (χ0v) is 18.7. The van der Waals surface area contributed by atoms with Gasteiger partial charge in [-0.05, 0) is 65.4 Å². The van der Waals surface area contributed by atoms with Crippen LogP contribution in [0.15, 0.2) is 58.1 Å². The van der Waals surface area contributed by atoms with Crippen LogP contribution in [0.3, 0.4) is 0 Å². The largest absolute Gasteiger partial charge is 0.271 e. The van der Waals surface area contributed by atoms with Crippen LogP contribution in [-0.2, 0) is 14.8 Å². The second-order valence-electron chi connectivity index (χ2n) is 5.49. The molecule has 0 aliphatic rings. The van der Waals surface area contributed by atoms with Gasteiger partial charge in [0.15, 0.2) is 0 Å². The zero-order chi connectivity index (χ0) is 19.3. The highest BCUT2D eigenvalue weighted by molar-refractivity contribution is 14.1. The Bertz CT molecular complexity index is 931. The molecule has 0 spiro atoms. The van der Waals surface area contributed by atoms with Gasteiger partial charge < -0.3 is 0 Å². The first-order valence-corrected chi connectivity index (χ1v) is 11.2. The molecule has 9 heteroatoms. The molecule has 0 bridgehead atoms. The molecule has 0 fully saturated rings. The summed E-state index contributed by atoms with van der Waals surface area (Å²) in [5.41, 5.74) is 4.31. The number of benzene rings is 2. The minimum absolute atomic E-state index is 0.362. The van der Waals surface area contributed by atoms with E-state index in [1.165, 1.54) is 0 Å². The molecule has 1 amide bonds. The Labute approximate surface area is 175 Å². The number of sulfonamides is 1. The number of amides is 1. The molecular formula is C17H17BrIN3O3S. The van der Waals surface area contributed by atoms with Crippen molar-refractivity contribution in [3.63, 3.8) is 0 Å². The number of carbonyl (C=O) groups excluding carboxylic acids is 1. The molecule has 2 aromatic carbocycles. The number of rotatable bonds is 6. The lowest BCUT2D eigenvalue weighted by atomic mass is 10.1. The number of hydrogen-bond donors (Lipinski definition) is 1. The highest BCUT2D eigenvalue weighted by atomic mass is 127. The van der Waals surface area contributed by atoms with Crippen LogP contribution in [0.5, 0.6) is 0 Å². The van der Waals surface area contributed by atoms with Crippen LogP contribution in [-0.4, -0.2) is 32.8 Å². The lowest BCUT2D eigenvalue weighted by molar-refractivity contribution is -0.119.